The van der Waals surface area contributed by atoms with Crippen LogP contribution in [0.5, 0.6) is 0 Å². The summed E-state index contributed by atoms with van der Waals surface area (Å²) in [6, 6.07) is 10.3. The number of benzene rings is 1. The first kappa shape index (κ1) is 11.7. The van der Waals surface area contributed by atoms with Crippen LogP contribution in [0.3, 0.4) is 0 Å². The van der Waals surface area contributed by atoms with Gasteiger partial charge in [-0.05, 0) is 42.9 Å². The molecule has 0 N–H and O–H groups in total. The molecule has 0 amide bonds. The van der Waals surface area contributed by atoms with Crippen LogP contribution in [0.1, 0.15) is 36.9 Å². The number of nitrogens with zero attached hydrogens (tertiary/aromatic N) is 2. The van der Waals surface area contributed by atoms with Gasteiger partial charge in [-0.1, -0.05) is 36.7 Å². The molecule has 1 aromatic heterocycles. The summed E-state index contributed by atoms with van der Waals surface area (Å²) in [5, 5.41) is 0.522. The summed E-state index contributed by atoms with van der Waals surface area (Å²) >= 11 is 6.04. The zero-order valence-corrected chi connectivity index (χ0v) is 11.1. The highest BCUT2D eigenvalue weighted by Gasteiger charge is 2.23. The molecule has 1 fully saturated rings. The van der Waals surface area contributed by atoms with Gasteiger partial charge in [-0.25, -0.2) is 9.97 Å². The summed E-state index contributed by atoms with van der Waals surface area (Å²) < 4.78 is 0. The van der Waals surface area contributed by atoms with Gasteiger partial charge in [0.25, 0.3) is 0 Å². The number of rotatable bonds is 3. The van der Waals surface area contributed by atoms with E-state index in [9.17, 15) is 0 Å². The molecule has 0 spiro atoms. The topological polar surface area (TPSA) is 25.8 Å². The lowest BCUT2D eigenvalue weighted by Gasteiger charge is -2.05. The molecule has 0 atom stereocenters. The van der Waals surface area contributed by atoms with E-state index in [2.05, 4.69) is 41.2 Å². The van der Waals surface area contributed by atoms with Crippen molar-refractivity contribution in [3.63, 3.8) is 0 Å². The molecule has 1 aromatic carbocycles. The van der Waals surface area contributed by atoms with Crippen LogP contribution >= 0.6 is 11.6 Å². The molecule has 2 aromatic rings. The summed E-state index contributed by atoms with van der Waals surface area (Å²) in [5.74, 6) is 1.48. The van der Waals surface area contributed by atoms with Gasteiger partial charge in [-0.15, -0.1) is 0 Å². The SMILES string of the molecule is CCc1cc(Cl)nc(-c2cccc(C3CC3)c2)n1. The molecule has 0 saturated heterocycles. The Morgan fingerprint density at radius 1 is 1.22 bits per heavy atom. The number of aromatic nitrogens is 2. The van der Waals surface area contributed by atoms with Crippen LogP contribution in [0.4, 0.5) is 0 Å². The van der Waals surface area contributed by atoms with Crippen molar-refractivity contribution < 1.29 is 0 Å². The molecule has 1 aliphatic carbocycles. The van der Waals surface area contributed by atoms with Crippen molar-refractivity contribution in [2.24, 2.45) is 0 Å². The van der Waals surface area contributed by atoms with Gasteiger partial charge in [0.1, 0.15) is 5.15 Å². The molecule has 3 heteroatoms. The second-order valence-electron chi connectivity index (χ2n) is 4.76. The minimum atomic E-state index is 0.522. The van der Waals surface area contributed by atoms with Crippen LogP contribution in [0.2, 0.25) is 5.15 Å². The summed E-state index contributed by atoms with van der Waals surface area (Å²) in [5.41, 5.74) is 3.45. The van der Waals surface area contributed by atoms with E-state index < -0.39 is 0 Å². The predicted octanol–water partition coefficient (Wildman–Crippen LogP) is 4.24. The maximum absolute atomic E-state index is 6.04. The van der Waals surface area contributed by atoms with Crippen LogP contribution in [0.15, 0.2) is 30.3 Å². The van der Waals surface area contributed by atoms with E-state index in [1.54, 1.807) is 0 Å². The third-order valence-corrected chi connectivity index (χ3v) is 3.50. The Labute approximate surface area is 112 Å². The lowest BCUT2D eigenvalue weighted by molar-refractivity contribution is 1.00. The number of hydrogen-bond acceptors (Lipinski definition) is 2. The molecule has 0 unspecified atom stereocenters. The quantitative estimate of drug-likeness (QED) is 0.770. The van der Waals surface area contributed by atoms with E-state index in [0.717, 1.165) is 29.4 Å². The van der Waals surface area contributed by atoms with E-state index in [-0.39, 0.29) is 0 Å². The van der Waals surface area contributed by atoms with Crippen LogP contribution in [-0.4, -0.2) is 9.97 Å². The van der Waals surface area contributed by atoms with Crippen LogP contribution in [-0.2, 0) is 6.42 Å². The summed E-state index contributed by atoms with van der Waals surface area (Å²) in [7, 11) is 0. The molecule has 0 aliphatic heterocycles. The Morgan fingerprint density at radius 2 is 2.06 bits per heavy atom. The zero-order chi connectivity index (χ0) is 12.5. The molecule has 2 nitrogen and oxygen atoms in total. The van der Waals surface area contributed by atoms with Gasteiger partial charge in [0.05, 0.1) is 0 Å². The number of halogens is 1. The zero-order valence-electron chi connectivity index (χ0n) is 10.4. The van der Waals surface area contributed by atoms with Crippen molar-refractivity contribution in [3.05, 3.63) is 46.7 Å². The first-order chi connectivity index (χ1) is 8.76. The molecule has 0 bridgehead atoms. The largest absolute Gasteiger partial charge is 0.233 e. The maximum atomic E-state index is 6.04. The second kappa shape index (κ2) is 4.69. The Morgan fingerprint density at radius 3 is 2.78 bits per heavy atom. The van der Waals surface area contributed by atoms with E-state index in [4.69, 9.17) is 11.6 Å². The Bertz CT molecular complexity index is 576. The van der Waals surface area contributed by atoms with Crippen molar-refractivity contribution >= 4 is 11.6 Å². The normalized spacial score (nSPS) is 14.8. The van der Waals surface area contributed by atoms with E-state index in [0.29, 0.717) is 5.15 Å². The highest BCUT2D eigenvalue weighted by atomic mass is 35.5. The third kappa shape index (κ3) is 2.39. The minimum Gasteiger partial charge on any atom is -0.233 e. The molecule has 1 saturated carbocycles. The van der Waals surface area contributed by atoms with Crippen LogP contribution in [0, 0.1) is 0 Å². The smallest absolute Gasteiger partial charge is 0.161 e. The lowest BCUT2D eigenvalue weighted by atomic mass is 10.1. The van der Waals surface area contributed by atoms with Gasteiger partial charge in [0.15, 0.2) is 5.82 Å². The van der Waals surface area contributed by atoms with Gasteiger partial charge in [0.2, 0.25) is 0 Å². The molecule has 3 rings (SSSR count). The van der Waals surface area contributed by atoms with E-state index in [1.165, 1.54) is 18.4 Å². The molecule has 1 aliphatic rings. The molecule has 1 heterocycles. The minimum absolute atomic E-state index is 0.522. The molecule has 18 heavy (non-hydrogen) atoms. The fourth-order valence-corrected chi connectivity index (χ4v) is 2.33. The fourth-order valence-electron chi connectivity index (χ4n) is 2.12. The average Bonchev–Trinajstić information content (AvgIpc) is 3.22. The highest BCUT2D eigenvalue weighted by Crippen LogP contribution is 2.40. The molecular weight excluding hydrogens is 244 g/mol. The Balaban J connectivity index is 2.02. The summed E-state index contributed by atoms with van der Waals surface area (Å²) in [6.07, 6.45) is 3.48. The van der Waals surface area contributed by atoms with Gasteiger partial charge < -0.3 is 0 Å². The van der Waals surface area contributed by atoms with E-state index in [1.807, 2.05) is 6.07 Å². The predicted molar refractivity (Wildman–Crippen MR) is 73.8 cm³/mol. The monoisotopic (exact) mass is 258 g/mol. The Kier molecular flexibility index (Phi) is 3.04. The standard InChI is InChI=1S/C15H15ClN2/c1-2-13-9-14(16)18-15(17-13)12-5-3-4-11(8-12)10-6-7-10/h3-5,8-10H,2,6-7H2,1H3. The van der Waals surface area contributed by atoms with Crippen LogP contribution < -0.4 is 0 Å². The highest BCUT2D eigenvalue weighted by molar-refractivity contribution is 6.29. The average molecular weight is 259 g/mol. The molecule has 92 valence electrons. The second-order valence-corrected chi connectivity index (χ2v) is 5.15. The van der Waals surface area contributed by atoms with Gasteiger partial charge in [0, 0.05) is 11.3 Å². The van der Waals surface area contributed by atoms with E-state index >= 15 is 0 Å². The van der Waals surface area contributed by atoms with Crippen molar-refractivity contribution in [1.29, 1.82) is 0 Å². The van der Waals surface area contributed by atoms with Gasteiger partial charge in [-0.3, -0.25) is 0 Å². The maximum Gasteiger partial charge on any atom is 0.161 e. The molecular formula is C15H15ClN2. The van der Waals surface area contributed by atoms with Crippen LogP contribution in [0.25, 0.3) is 11.4 Å². The van der Waals surface area contributed by atoms with Gasteiger partial charge >= 0.3 is 0 Å². The Hall–Kier alpha value is -1.41. The number of hydrogen-bond donors (Lipinski definition) is 0. The van der Waals surface area contributed by atoms with Crippen molar-refractivity contribution in [1.82, 2.24) is 9.97 Å². The molecule has 0 radical (unpaired) electrons. The lowest BCUT2D eigenvalue weighted by Crippen LogP contribution is -1.95. The van der Waals surface area contributed by atoms with Crippen molar-refractivity contribution in [2.45, 2.75) is 32.1 Å². The van der Waals surface area contributed by atoms with Crippen molar-refractivity contribution in [3.8, 4) is 11.4 Å². The van der Waals surface area contributed by atoms with Crippen molar-refractivity contribution in [2.75, 3.05) is 0 Å². The number of aryl methyl sites for hydroxylation is 1. The van der Waals surface area contributed by atoms with Gasteiger partial charge in [-0.2, -0.15) is 0 Å². The fraction of sp³-hybridized carbons (Fsp3) is 0.333. The summed E-state index contributed by atoms with van der Waals surface area (Å²) in [6.45, 7) is 2.07. The first-order valence-corrected chi connectivity index (χ1v) is 6.78. The first-order valence-electron chi connectivity index (χ1n) is 6.40. The third-order valence-electron chi connectivity index (χ3n) is 3.30. The summed E-state index contributed by atoms with van der Waals surface area (Å²) in [4.78, 5) is 8.87.